The van der Waals surface area contributed by atoms with E-state index in [0.29, 0.717) is 17.1 Å². The Morgan fingerprint density at radius 3 is 2.38 bits per heavy atom. The van der Waals surface area contributed by atoms with Crippen molar-refractivity contribution in [2.75, 3.05) is 0 Å². The summed E-state index contributed by atoms with van der Waals surface area (Å²) in [5.41, 5.74) is 2.64. The maximum Gasteiger partial charge on any atom is 0.278 e. The van der Waals surface area contributed by atoms with Gasteiger partial charge in [-0.1, -0.05) is 63.1 Å². The van der Waals surface area contributed by atoms with Crippen LogP contribution in [0.5, 0.6) is 0 Å². The lowest BCUT2D eigenvalue weighted by Crippen LogP contribution is -2.52. The molecule has 0 saturated heterocycles. The summed E-state index contributed by atoms with van der Waals surface area (Å²) >= 11 is 5.95. The zero-order valence-corrected chi connectivity index (χ0v) is 20.4. The van der Waals surface area contributed by atoms with Gasteiger partial charge in [-0.2, -0.15) is 0 Å². The number of rotatable bonds is 11. The Morgan fingerprint density at radius 2 is 1.79 bits per heavy atom. The Labute approximate surface area is 204 Å². The van der Waals surface area contributed by atoms with Gasteiger partial charge < -0.3 is 10.6 Å². The normalized spacial score (nSPS) is 18.0. The van der Waals surface area contributed by atoms with Crippen LogP contribution in [0.3, 0.4) is 0 Å². The van der Waals surface area contributed by atoms with Gasteiger partial charge in [0.15, 0.2) is 6.17 Å². The molecule has 7 nitrogen and oxygen atoms in total. The lowest BCUT2D eigenvalue weighted by atomic mass is 9.92. The molecule has 0 aromatic heterocycles. The first-order chi connectivity index (χ1) is 16.1. The van der Waals surface area contributed by atoms with E-state index in [1.54, 1.807) is 30.3 Å². The number of carbonyl (C=O) groups excluding carboxylic acids is 3. The minimum Gasteiger partial charge on any atom is -0.344 e. The van der Waals surface area contributed by atoms with Crippen molar-refractivity contribution in [3.63, 3.8) is 0 Å². The van der Waals surface area contributed by atoms with Crippen molar-refractivity contribution in [2.24, 2.45) is 17.8 Å². The summed E-state index contributed by atoms with van der Waals surface area (Å²) in [5, 5.41) is 14.8. The highest BCUT2D eigenvalue weighted by Gasteiger charge is 2.35. The van der Waals surface area contributed by atoms with Gasteiger partial charge in [0.1, 0.15) is 6.04 Å². The highest BCUT2D eigenvalue weighted by molar-refractivity contribution is 6.30. The van der Waals surface area contributed by atoms with E-state index in [0.717, 1.165) is 12.0 Å². The predicted molar refractivity (Wildman–Crippen MR) is 129 cm³/mol. The average Bonchev–Trinajstić information content (AvgIpc) is 2.79. The van der Waals surface area contributed by atoms with E-state index in [1.807, 2.05) is 32.9 Å². The van der Waals surface area contributed by atoms with Gasteiger partial charge in [0, 0.05) is 17.1 Å². The van der Waals surface area contributed by atoms with Gasteiger partial charge in [0.25, 0.3) is 5.91 Å². The number of allylic oxidation sites excluding steroid dienone is 3. The quantitative estimate of drug-likeness (QED) is 0.277. The van der Waals surface area contributed by atoms with Crippen LogP contribution in [0, 0.1) is 17.8 Å². The molecule has 0 spiro atoms. The lowest BCUT2D eigenvalue weighted by molar-refractivity contribution is -0.142. The molecule has 2 rings (SSSR count). The van der Waals surface area contributed by atoms with Gasteiger partial charge in [-0.05, 0) is 48.4 Å². The second-order valence-corrected chi connectivity index (χ2v) is 9.51. The fraction of sp³-hybridized carbons (Fsp3) is 0.480. The van der Waals surface area contributed by atoms with Gasteiger partial charge in [0.05, 0.1) is 5.92 Å². The average molecular weight is 494 g/mol. The lowest BCUT2D eigenvalue weighted by Gasteiger charge is -2.25. The first kappa shape index (κ1) is 27.5. The van der Waals surface area contributed by atoms with Crippen LogP contribution in [0.15, 0.2) is 48.2 Å². The standard InChI is InChI=1S/C25H33ClFN3O4/c1-15(2)7-12-20(22(27)25(33)30-34)23(31)29-21(14-17-8-10-18(26)11-9-17)24(32)28-19-6-4-5-16(3)13-19/h4,6,8-11,13,15-16,20-22,34H,5,7,12,14H2,1-3H3,(H,28,32)(H,29,31)(H,30,33)/t16?,20-,21+,22-/m1/s1. The number of alkyl halides is 1. The number of amides is 3. The van der Waals surface area contributed by atoms with Gasteiger partial charge in [-0.3, -0.25) is 19.6 Å². The van der Waals surface area contributed by atoms with Crippen molar-refractivity contribution in [1.29, 1.82) is 0 Å². The van der Waals surface area contributed by atoms with Crippen molar-refractivity contribution < 1.29 is 24.0 Å². The van der Waals surface area contributed by atoms with Crippen LogP contribution in [-0.4, -0.2) is 35.1 Å². The van der Waals surface area contributed by atoms with Crippen LogP contribution in [0.1, 0.15) is 45.6 Å². The molecular formula is C25H33ClFN3O4. The third kappa shape index (κ3) is 8.57. The van der Waals surface area contributed by atoms with E-state index < -0.39 is 35.9 Å². The summed E-state index contributed by atoms with van der Waals surface area (Å²) in [5.74, 6) is -3.46. The van der Waals surface area contributed by atoms with Crippen molar-refractivity contribution >= 4 is 29.3 Å². The van der Waals surface area contributed by atoms with Gasteiger partial charge >= 0.3 is 0 Å². The van der Waals surface area contributed by atoms with Crippen LogP contribution in [0.25, 0.3) is 0 Å². The topological polar surface area (TPSA) is 108 Å². The minimum absolute atomic E-state index is 0.0821. The highest BCUT2D eigenvalue weighted by atomic mass is 35.5. The molecular weight excluding hydrogens is 461 g/mol. The minimum atomic E-state index is -2.26. The maximum absolute atomic E-state index is 14.7. The summed E-state index contributed by atoms with van der Waals surface area (Å²) in [6.45, 7) is 5.85. The van der Waals surface area contributed by atoms with Crippen LogP contribution < -0.4 is 16.1 Å². The molecule has 4 atom stereocenters. The number of halogens is 2. The van der Waals surface area contributed by atoms with Gasteiger partial charge in [0.2, 0.25) is 11.8 Å². The second-order valence-electron chi connectivity index (χ2n) is 9.07. The maximum atomic E-state index is 14.7. The third-order valence-electron chi connectivity index (χ3n) is 5.63. The molecule has 3 amide bonds. The molecule has 1 aromatic carbocycles. The molecule has 9 heteroatoms. The van der Waals surface area contributed by atoms with Crippen molar-refractivity contribution in [3.8, 4) is 0 Å². The molecule has 0 fully saturated rings. The molecule has 0 heterocycles. The molecule has 0 radical (unpaired) electrons. The Morgan fingerprint density at radius 1 is 1.12 bits per heavy atom. The van der Waals surface area contributed by atoms with E-state index >= 15 is 0 Å². The Bertz CT molecular complexity index is 917. The van der Waals surface area contributed by atoms with Crippen molar-refractivity contribution in [3.05, 3.63) is 58.8 Å². The van der Waals surface area contributed by atoms with Gasteiger partial charge in [-0.15, -0.1) is 0 Å². The highest BCUT2D eigenvalue weighted by Crippen LogP contribution is 2.20. The van der Waals surface area contributed by atoms with Crippen LogP contribution in [-0.2, 0) is 20.8 Å². The molecule has 1 aliphatic carbocycles. The second kappa shape index (κ2) is 13.2. The predicted octanol–water partition coefficient (Wildman–Crippen LogP) is 3.86. The monoisotopic (exact) mass is 493 g/mol. The Balaban J connectivity index is 2.25. The first-order valence-corrected chi connectivity index (χ1v) is 11.8. The van der Waals surface area contributed by atoms with E-state index in [4.69, 9.17) is 16.8 Å². The molecule has 1 aliphatic rings. The summed E-state index contributed by atoms with van der Waals surface area (Å²) in [4.78, 5) is 37.9. The number of benzene rings is 1. The third-order valence-corrected chi connectivity index (χ3v) is 5.88. The number of hydrogen-bond acceptors (Lipinski definition) is 4. The van der Waals surface area contributed by atoms with E-state index in [1.165, 1.54) is 5.48 Å². The van der Waals surface area contributed by atoms with Crippen molar-refractivity contribution in [1.82, 2.24) is 16.1 Å². The zero-order valence-electron chi connectivity index (χ0n) is 19.7. The molecule has 0 bridgehead atoms. The largest absolute Gasteiger partial charge is 0.344 e. The van der Waals surface area contributed by atoms with Crippen molar-refractivity contribution in [2.45, 2.75) is 58.7 Å². The SMILES string of the molecule is CC(C)CC[C@@H](C(=O)N[C@@H](Cc1ccc(Cl)cc1)C(=O)NC1=CC(C)CC=C1)[C@@H](F)C(=O)NO. The summed E-state index contributed by atoms with van der Waals surface area (Å²) < 4.78 is 14.7. The Hall–Kier alpha value is -2.71. The summed E-state index contributed by atoms with van der Waals surface area (Å²) in [7, 11) is 0. The zero-order chi connectivity index (χ0) is 25.3. The summed E-state index contributed by atoms with van der Waals surface area (Å²) in [6, 6.07) is 5.81. The fourth-order valence-corrected chi connectivity index (χ4v) is 3.79. The molecule has 1 unspecified atom stereocenters. The molecule has 1 aromatic rings. The number of carbonyl (C=O) groups is 3. The van der Waals surface area contributed by atoms with E-state index in [9.17, 15) is 18.8 Å². The number of nitrogens with one attached hydrogen (secondary N) is 3. The van der Waals surface area contributed by atoms with Crippen LogP contribution in [0.4, 0.5) is 4.39 Å². The number of hydroxylamine groups is 1. The van der Waals surface area contributed by atoms with E-state index in [-0.39, 0.29) is 24.7 Å². The molecule has 0 aliphatic heterocycles. The molecule has 34 heavy (non-hydrogen) atoms. The summed E-state index contributed by atoms with van der Waals surface area (Å²) in [6.07, 6.45) is 5.00. The smallest absolute Gasteiger partial charge is 0.278 e. The van der Waals surface area contributed by atoms with Gasteiger partial charge in [-0.25, -0.2) is 9.87 Å². The molecule has 0 saturated carbocycles. The Kier molecular flexibility index (Phi) is 10.7. The fourth-order valence-electron chi connectivity index (χ4n) is 3.66. The van der Waals surface area contributed by atoms with Crippen LogP contribution in [0.2, 0.25) is 5.02 Å². The molecule has 4 N–H and O–H groups in total. The number of hydrogen-bond donors (Lipinski definition) is 4. The first-order valence-electron chi connectivity index (χ1n) is 11.4. The molecule has 186 valence electrons. The van der Waals surface area contributed by atoms with Crippen LogP contribution >= 0.6 is 11.6 Å². The van der Waals surface area contributed by atoms with E-state index in [2.05, 4.69) is 10.6 Å².